The molecule has 0 saturated heterocycles. The highest BCUT2D eigenvalue weighted by Gasteiger charge is 2.40. The molecule has 0 spiro atoms. The van der Waals surface area contributed by atoms with E-state index in [1.165, 1.54) is 51.4 Å². The van der Waals surface area contributed by atoms with Gasteiger partial charge in [0.05, 0.1) is 12.2 Å². The number of aliphatic hydroxyl groups is 2. The number of hydrogen-bond donors (Lipinski definition) is 3. The van der Waals surface area contributed by atoms with Crippen LogP contribution in [0.2, 0.25) is 0 Å². The Labute approximate surface area is 173 Å². The highest BCUT2D eigenvalue weighted by atomic mass is 16.3. The van der Waals surface area contributed by atoms with E-state index in [0.717, 1.165) is 18.4 Å². The van der Waals surface area contributed by atoms with Gasteiger partial charge in [0.2, 0.25) is 0 Å². The molecule has 0 fully saturated rings. The summed E-state index contributed by atoms with van der Waals surface area (Å²) in [4.78, 5) is 0. The molecule has 0 saturated carbocycles. The fraction of sp³-hybridized carbons (Fsp3) is 0.760. The van der Waals surface area contributed by atoms with Crippen molar-refractivity contribution < 1.29 is 10.2 Å². The summed E-state index contributed by atoms with van der Waals surface area (Å²) in [6.45, 7) is 5.91. The average Bonchev–Trinajstić information content (AvgIpc) is 2.65. The van der Waals surface area contributed by atoms with Crippen molar-refractivity contribution in [3.63, 3.8) is 0 Å². The maximum Gasteiger partial charge on any atom is 0.0521 e. The Morgan fingerprint density at radius 1 is 0.786 bits per heavy atom. The van der Waals surface area contributed by atoms with Crippen LogP contribution in [0, 0.1) is 0 Å². The second-order valence-electron chi connectivity index (χ2n) is 8.85. The standard InChI is InChI=1S/C25H45NO2/c1-4-5-6-7-8-9-10-11-15-18-24(26)25(19-21(2)27,20-22(3)28)23-16-13-12-14-17-23/h12-14,16-17,21-22,24,27-28H,4-11,15,18-20,26H2,1-3H3. The van der Waals surface area contributed by atoms with Gasteiger partial charge in [-0.15, -0.1) is 0 Å². The van der Waals surface area contributed by atoms with E-state index >= 15 is 0 Å². The predicted molar refractivity (Wildman–Crippen MR) is 121 cm³/mol. The summed E-state index contributed by atoms with van der Waals surface area (Å²) >= 11 is 0. The first-order valence-electron chi connectivity index (χ1n) is 11.6. The van der Waals surface area contributed by atoms with Gasteiger partial charge in [0.15, 0.2) is 0 Å². The Morgan fingerprint density at radius 3 is 1.71 bits per heavy atom. The predicted octanol–water partition coefficient (Wildman–Crippen LogP) is 5.71. The third-order valence-corrected chi connectivity index (χ3v) is 6.00. The van der Waals surface area contributed by atoms with Crippen molar-refractivity contribution in [2.24, 2.45) is 5.73 Å². The molecule has 0 aromatic heterocycles. The first kappa shape index (κ1) is 25.1. The van der Waals surface area contributed by atoms with E-state index in [1.807, 2.05) is 32.0 Å². The van der Waals surface area contributed by atoms with E-state index in [9.17, 15) is 10.2 Å². The number of nitrogens with two attached hydrogens (primary N) is 1. The molecule has 1 aromatic rings. The van der Waals surface area contributed by atoms with Gasteiger partial charge >= 0.3 is 0 Å². The van der Waals surface area contributed by atoms with Crippen molar-refractivity contribution in [2.75, 3.05) is 0 Å². The molecular formula is C25H45NO2. The zero-order chi connectivity index (χ0) is 20.8. The summed E-state index contributed by atoms with van der Waals surface area (Å²) in [7, 11) is 0. The van der Waals surface area contributed by atoms with Gasteiger partial charge in [0, 0.05) is 11.5 Å². The molecule has 0 aliphatic carbocycles. The Balaban J connectivity index is 2.63. The van der Waals surface area contributed by atoms with Crippen LogP contribution in [0.4, 0.5) is 0 Å². The van der Waals surface area contributed by atoms with E-state index in [-0.39, 0.29) is 11.5 Å². The summed E-state index contributed by atoms with van der Waals surface area (Å²) in [6.07, 6.45) is 12.9. The minimum Gasteiger partial charge on any atom is -0.393 e. The van der Waals surface area contributed by atoms with Gasteiger partial charge in [-0.1, -0.05) is 95.0 Å². The quantitative estimate of drug-likeness (QED) is 0.316. The molecule has 1 aromatic carbocycles. The van der Waals surface area contributed by atoms with Gasteiger partial charge in [-0.25, -0.2) is 0 Å². The number of hydrogen-bond acceptors (Lipinski definition) is 3. The second kappa shape index (κ2) is 14.1. The van der Waals surface area contributed by atoms with Gasteiger partial charge in [-0.3, -0.25) is 0 Å². The molecule has 3 nitrogen and oxygen atoms in total. The van der Waals surface area contributed by atoms with Gasteiger partial charge in [-0.2, -0.15) is 0 Å². The molecule has 0 aliphatic heterocycles. The van der Waals surface area contributed by atoms with E-state index in [2.05, 4.69) is 19.1 Å². The summed E-state index contributed by atoms with van der Waals surface area (Å²) in [5.74, 6) is 0. The molecule has 28 heavy (non-hydrogen) atoms. The topological polar surface area (TPSA) is 66.5 Å². The lowest BCUT2D eigenvalue weighted by Crippen LogP contribution is -2.49. The van der Waals surface area contributed by atoms with Crippen LogP contribution in [0.5, 0.6) is 0 Å². The fourth-order valence-corrected chi connectivity index (χ4v) is 4.61. The van der Waals surface area contributed by atoms with Crippen molar-refractivity contribution in [1.82, 2.24) is 0 Å². The van der Waals surface area contributed by atoms with Gasteiger partial charge in [-0.05, 0) is 38.7 Å². The molecule has 162 valence electrons. The minimum absolute atomic E-state index is 0.0661. The highest BCUT2D eigenvalue weighted by molar-refractivity contribution is 5.28. The maximum atomic E-state index is 10.2. The average molecular weight is 392 g/mol. The summed E-state index contributed by atoms with van der Waals surface area (Å²) in [5.41, 5.74) is 7.51. The molecule has 1 rings (SSSR count). The van der Waals surface area contributed by atoms with Crippen LogP contribution in [0.15, 0.2) is 30.3 Å². The number of aliphatic hydroxyl groups excluding tert-OH is 2. The van der Waals surface area contributed by atoms with Crippen LogP contribution >= 0.6 is 0 Å². The van der Waals surface area contributed by atoms with E-state index < -0.39 is 12.2 Å². The lowest BCUT2D eigenvalue weighted by molar-refractivity contribution is 0.0852. The first-order valence-corrected chi connectivity index (χ1v) is 11.6. The maximum absolute atomic E-state index is 10.2. The van der Waals surface area contributed by atoms with Crippen LogP contribution in [0.3, 0.4) is 0 Å². The number of unbranched alkanes of at least 4 members (excludes halogenated alkanes) is 8. The van der Waals surface area contributed by atoms with E-state index in [0.29, 0.717) is 12.8 Å². The molecule has 0 heterocycles. The third-order valence-electron chi connectivity index (χ3n) is 6.00. The van der Waals surface area contributed by atoms with Crippen molar-refractivity contribution in [3.05, 3.63) is 35.9 Å². The lowest BCUT2D eigenvalue weighted by Gasteiger charge is -2.42. The Kier molecular flexibility index (Phi) is 12.7. The zero-order valence-electron chi connectivity index (χ0n) is 18.6. The monoisotopic (exact) mass is 391 g/mol. The van der Waals surface area contributed by atoms with Gasteiger partial charge in [0.25, 0.3) is 0 Å². The molecule has 3 unspecified atom stereocenters. The van der Waals surface area contributed by atoms with Crippen LogP contribution < -0.4 is 5.73 Å². The minimum atomic E-state index is -0.451. The van der Waals surface area contributed by atoms with Crippen molar-refractivity contribution in [2.45, 2.75) is 121 Å². The zero-order valence-corrected chi connectivity index (χ0v) is 18.6. The molecular weight excluding hydrogens is 346 g/mol. The summed E-state index contributed by atoms with van der Waals surface area (Å²) in [5, 5.41) is 20.4. The third kappa shape index (κ3) is 9.07. The van der Waals surface area contributed by atoms with Crippen molar-refractivity contribution in [1.29, 1.82) is 0 Å². The molecule has 3 heteroatoms. The van der Waals surface area contributed by atoms with Gasteiger partial charge in [0.1, 0.15) is 0 Å². The summed E-state index contributed by atoms with van der Waals surface area (Å²) in [6, 6.07) is 10.2. The van der Waals surface area contributed by atoms with Gasteiger partial charge < -0.3 is 15.9 Å². The Hall–Kier alpha value is -0.900. The second-order valence-corrected chi connectivity index (χ2v) is 8.85. The Morgan fingerprint density at radius 2 is 1.25 bits per heavy atom. The molecule has 0 aliphatic rings. The SMILES string of the molecule is CCCCCCCCCCCC(N)C(CC(C)O)(CC(C)O)c1ccccc1. The Bertz CT molecular complexity index is 477. The molecule has 0 radical (unpaired) electrons. The van der Waals surface area contributed by atoms with Crippen LogP contribution in [-0.2, 0) is 5.41 Å². The van der Waals surface area contributed by atoms with Crippen molar-refractivity contribution >= 4 is 0 Å². The van der Waals surface area contributed by atoms with Crippen LogP contribution in [0.1, 0.15) is 103 Å². The summed E-state index contributed by atoms with van der Waals surface area (Å²) < 4.78 is 0. The van der Waals surface area contributed by atoms with Crippen LogP contribution in [0.25, 0.3) is 0 Å². The largest absolute Gasteiger partial charge is 0.393 e. The first-order chi connectivity index (χ1) is 13.4. The van der Waals surface area contributed by atoms with Crippen LogP contribution in [-0.4, -0.2) is 28.5 Å². The molecule has 0 amide bonds. The van der Waals surface area contributed by atoms with E-state index in [4.69, 9.17) is 5.73 Å². The molecule has 0 bridgehead atoms. The smallest absolute Gasteiger partial charge is 0.0521 e. The highest BCUT2D eigenvalue weighted by Crippen LogP contribution is 2.39. The number of rotatable bonds is 16. The lowest BCUT2D eigenvalue weighted by atomic mass is 9.66. The van der Waals surface area contributed by atoms with E-state index in [1.54, 1.807) is 0 Å². The van der Waals surface area contributed by atoms with Crippen molar-refractivity contribution in [3.8, 4) is 0 Å². The number of benzene rings is 1. The normalized spacial score (nSPS) is 17.1. The fourth-order valence-electron chi connectivity index (χ4n) is 4.61. The molecule has 4 N–H and O–H groups in total. The molecule has 3 atom stereocenters.